The van der Waals surface area contributed by atoms with E-state index in [0.29, 0.717) is 0 Å². The predicted octanol–water partition coefficient (Wildman–Crippen LogP) is 1.85. The third-order valence-corrected chi connectivity index (χ3v) is 2.70. The van der Waals surface area contributed by atoms with E-state index in [2.05, 4.69) is 22.7 Å². The molecule has 2 N–H and O–H groups in total. The Kier molecular flexibility index (Phi) is 2.73. The summed E-state index contributed by atoms with van der Waals surface area (Å²) in [6.45, 7) is 2.03. The molecule has 3 nitrogen and oxygen atoms in total. The number of hydrogen-bond acceptors (Lipinski definition) is 2. The van der Waals surface area contributed by atoms with E-state index in [1.165, 1.54) is 5.52 Å². The predicted molar refractivity (Wildman–Crippen MR) is 62.7 cm³/mol. The van der Waals surface area contributed by atoms with Crippen LogP contribution in [0.2, 0.25) is 0 Å². The van der Waals surface area contributed by atoms with Gasteiger partial charge in [0, 0.05) is 19.5 Å². The molecular weight excluding hydrogens is 186 g/mol. The zero-order chi connectivity index (χ0) is 10.8. The zero-order valence-corrected chi connectivity index (χ0v) is 9.27. The Labute approximate surface area is 89.9 Å². The summed E-state index contributed by atoms with van der Waals surface area (Å²) in [5.74, 6) is 1.12. The molecule has 1 aromatic carbocycles. The molecule has 1 aromatic heterocycles. The topological polar surface area (TPSA) is 43.8 Å². The minimum Gasteiger partial charge on any atom is -0.331 e. The van der Waals surface area contributed by atoms with Crippen LogP contribution in [-0.4, -0.2) is 15.6 Å². The van der Waals surface area contributed by atoms with Crippen LogP contribution in [-0.2, 0) is 13.5 Å². The van der Waals surface area contributed by atoms with Gasteiger partial charge >= 0.3 is 0 Å². The lowest BCUT2D eigenvalue weighted by Crippen LogP contribution is -2.16. The molecule has 0 bridgehead atoms. The Morgan fingerprint density at radius 3 is 2.80 bits per heavy atom. The maximum absolute atomic E-state index is 5.75. The quantitative estimate of drug-likeness (QED) is 0.827. The number of rotatable bonds is 3. The lowest BCUT2D eigenvalue weighted by atomic mass is 10.2. The summed E-state index contributed by atoms with van der Waals surface area (Å²) in [7, 11) is 2.06. The minimum absolute atomic E-state index is 0.241. The number of benzene rings is 1. The van der Waals surface area contributed by atoms with Crippen LogP contribution >= 0.6 is 0 Å². The van der Waals surface area contributed by atoms with Crippen LogP contribution in [0.4, 0.5) is 0 Å². The lowest BCUT2D eigenvalue weighted by Gasteiger charge is -2.04. The first-order valence-electron chi connectivity index (χ1n) is 5.34. The van der Waals surface area contributed by atoms with Crippen LogP contribution in [0.15, 0.2) is 24.3 Å². The Morgan fingerprint density at radius 1 is 1.40 bits per heavy atom. The largest absolute Gasteiger partial charge is 0.331 e. The van der Waals surface area contributed by atoms with Crippen LogP contribution in [0.25, 0.3) is 11.0 Å². The Balaban J connectivity index is 2.32. The summed E-state index contributed by atoms with van der Waals surface area (Å²) in [4.78, 5) is 4.59. The van der Waals surface area contributed by atoms with Crippen LogP contribution in [0, 0.1) is 0 Å². The number of aromatic nitrogens is 2. The molecule has 0 aliphatic carbocycles. The lowest BCUT2D eigenvalue weighted by molar-refractivity contribution is 0.636. The molecule has 1 atom stereocenters. The smallest absolute Gasteiger partial charge is 0.109 e. The van der Waals surface area contributed by atoms with Crippen LogP contribution in [0.1, 0.15) is 19.2 Å². The molecule has 0 saturated carbocycles. The van der Waals surface area contributed by atoms with Gasteiger partial charge in [-0.15, -0.1) is 0 Å². The van der Waals surface area contributed by atoms with Crippen molar-refractivity contribution in [2.75, 3.05) is 0 Å². The Morgan fingerprint density at radius 2 is 2.13 bits per heavy atom. The van der Waals surface area contributed by atoms with Gasteiger partial charge in [0.1, 0.15) is 5.82 Å². The van der Waals surface area contributed by atoms with E-state index >= 15 is 0 Å². The van der Waals surface area contributed by atoms with E-state index in [9.17, 15) is 0 Å². The first kappa shape index (κ1) is 10.2. The van der Waals surface area contributed by atoms with E-state index in [-0.39, 0.29) is 6.04 Å². The molecule has 0 amide bonds. The normalized spacial score (nSPS) is 13.3. The minimum atomic E-state index is 0.241. The first-order valence-corrected chi connectivity index (χ1v) is 5.34. The van der Waals surface area contributed by atoms with Gasteiger partial charge < -0.3 is 10.3 Å². The fourth-order valence-electron chi connectivity index (χ4n) is 1.78. The number of nitrogens with two attached hydrogens (primary N) is 1. The highest BCUT2D eigenvalue weighted by Crippen LogP contribution is 2.15. The third kappa shape index (κ3) is 2.02. The molecule has 1 unspecified atom stereocenters. The van der Waals surface area contributed by atoms with Gasteiger partial charge in [0.2, 0.25) is 0 Å². The van der Waals surface area contributed by atoms with Crippen LogP contribution < -0.4 is 5.73 Å². The van der Waals surface area contributed by atoms with Crippen molar-refractivity contribution >= 4 is 11.0 Å². The fraction of sp³-hybridized carbons (Fsp3) is 0.417. The number of para-hydroxylation sites is 2. The highest BCUT2D eigenvalue weighted by molar-refractivity contribution is 5.75. The van der Waals surface area contributed by atoms with Crippen molar-refractivity contribution in [3.05, 3.63) is 30.1 Å². The summed E-state index contributed by atoms with van der Waals surface area (Å²) in [6, 6.07) is 8.44. The number of fused-ring (bicyclic) bond motifs is 1. The number of hydrogen-bond donors (Lipinski definition) is 1. The summed E-state index contributed by atoms with van der Waals surface area (Å²) >= 11 is 0. The standard InChI is InChI=1S/C12H17N3/c1-9(13)7-8-12-14-10-5-3-4-6-11(10)15(12)2/h3-6,9H,7-8,13H2,1-2H3. The van der Waals surface area contributed by atoms with Gasteiger partial charge in [-0.2, -0.15) is 0 Å². The van der Waals surface area contributed by atoms with Gasteiger partial charge in [-0.3, -0.25) is 0 Å². The van der Waals surface area contributed by atoms with Crippen molar-refractivity contribution in [2.45, 2.75) is 25.8 Å². The van der Waals surface area contributed by atoms with Gasteiger partial charge in [-0.05, 0) is 25.5 Å². The molecule has 3 heteroatoms. The highest BCUT2D eigenvalue weighted by Gasteiger charge is 2.07. The summed E-state index contributed by atoms with van der Waals surface area (Å²) in [6.07, 6.45) is 1.93. The second kappa shape index (κ2) is 4.03. The molecular formula is C12H17N3. The van der Waals surface area contributed by atoms with E-state index in [0.717, 1.165) is 24.2 Å². The van der Waals surface area contributed by atoms with Crippen molar-refractivity contribution in [3.63, 3.8) is 0 Å². The molecule has 0 saturated heterocycles. The van der Waals surface area contributed by atoms with Crippen molar-refractivity contribution in [1.82, 2.24) is 9.55 Å². The summed E-state index contributed by atoms with van der Waals surface area (Å²) in [5.41, 5.74) is 8.01. The number of nitrogens with zero attached hydrogens (tertiary/aromatic N) is 2. The van der Waals surface area contributed by atoms with Gasteiger partial charge in [0.15, 0.2) is 0 Å². The zero-order valence-electron chi connectivity index (χ0n) is 9.27. The molecule has 80 valence electrons. The van der Waals surface area contributed by atoms with Gasteiger partial charge in [0.25, 0.3) is 0 Å². The molecule has 0 spiro atoms. The average Bonchev–Trinajstić information content (AvgIpc) is 2.54. The molecule has 0 fully saturated rings. The molecule has 15 heavy (non-hydrogen) atoms. The van der Waals surface area contributed by atoms with E-state index < -0.39 is 0 Å². The van der Waals surface area contributed by atoms with Gasteiger partial charge in [-0.1, -0.05) is 12.1 Å². The third-order valence-electron chi connectivity index (χ3n) is 2.70. The Bertz CT molecular complexity index is 457. The SMILES string of the molecule is CC(N)CCc1nc2ccccc2n1C. The molecule has 0 radical (unpaired) electrons. The van der Waals surface area contributed by atoms with Crippen molar-refractivity contribution in [1.29, 1.82) is 0 Å². The van der Waals surface area contributed by atoms with E-state index in [4.69, 9.17) is 5.73 Å². The number of imidazole rings is 1. The van der Waals surface area contributed by atoms with Crippen LogP contribution in [0.5, 0.6) is 0 Å². The average molecular weight is 203 g/mol. The molecule has 2 aromatic rings. The highest BCUT2D eigenvalue weighted by atomic mass is 15.1. The van der Waals surface area contributed by atoms with Gasteiger partial charge in [0.05, 0.1) is 11.0 Å². The van der Waals surface area contributed by atoms with E-state index in [1.807, 2.05) is 25.1 Å². The van der Waals surface area contributed by atoms with Crippen molar-refractivity contribution < 1.29 is 0 Å². The van der Waals surface area contributed by atoms with Crippen LogP contribution in [0.3, 0.4) is 0 Å². The van der Waals surface area contributed by atoms with E-state index in [1.54, 1.807) is 0 Å². The molecule has 2 rings (SSSR count). The molecule has 0 aliphatic heterocycles. The Hall–Kier alpha value is -1.35. The van der Waals surface area contributed by atoms with Crippen molar-refractivity contribution in [3.8, 4) is 0 Å². The number of aryl methyl sites for hydroxylation is 2. The summed E-state index contributed by atoms with van der Waals surface area (Å²) < 4.78 is 2.15. The second-order valence-corrected chi connectivity index (χ2v) is 4.09. The monoisotopic (exact) mass is 203 g/mol. The summed E-state index contributed by atoms with van der Waals surface area (Å²) in [5, 5.41) is 0. The molecule has 1 heterocycles. The molecule has 0 aliphatic rings. The van der Waals surface area contributed by atoms with Crippen molar-refractivity contribution in [2.24, 2.45) is 12.8 Å². The maximum atomic E-state index is 5.75. The fourth-order valence-corrected chi connectivity index (χ4v) is 1.78. The maximum Gasteiger partial charge on any atom is 0.109 e. The first-order chi connectivity index (χ1) is 7.18. The van der Waals surface area contributed by atoms with Gasteiger partial charge in [-0.25, -0.2) is 4.98 Å². The second-order valence-electron chi connectivity index (χ2n) is 4.09.